The number of hydrogen-bond acceptors (Lipinski definition) is 5. The molecule has 1 aliphatic rings. The van der Waals surface area contributed by atoms with Gasteiger partial charge in [0.25, 0.3) is 0 Å². The number of oxime groups is 1. The van der Waals surface area contributed by atoms with Gasteiger partial charge in [0.2, 0.25) is 12.7 Å². The van der Waals surface area contributed by atoms with E-state index in [-0.39, 0.29) is 24.5 Å². The summed E-state index contributed by atoms with van der Waals surface area (Å²) in [5, 5.41) is 14.4. The number of nitrogens with zero attached hydrogens (tertiary/aromatic N) is 1. The second-order valence-corrected chi connectivity index (χ2v) is 4.80. The van der Waals surface area contributed by atoms with Gasteiger partial charge in [-0.05, 0) is 18.1 Å². The first-order chi connectivity index (χ1) is 9.52. The van der Waals surface area contributed by atoms with E-state index in [4.69, 9.17) is 20.4 Å². The van der Waals surface area contributed by atoms with E-state index in [0.717, 1.165) is 0 Å². The van der Waals surface area contributed by atoms with Crippen molar-refractivity contribution in [2.75, 3.05) is 12.1 Å². The van der Waals surface area contributed by atoms with Gasteiger partial charge in [-0.25, -0.2) is 0 Å². The van der Waals surface area contributed by atoms with E-state index in [1.165, 1.54) is 0 Å². The van der Waals surface area contributed by atoms with Crippen molar-refractivity contribution in [3.63, 3.8) is 0 Å². The van der Waals surface area contributed by atoms with Crippen molar-refractivity contribution in [2.45, 2.75) is 13.8 Å². The number of fused-ring (bicyclic) bond motifs is 1. The molecule has 7 heteroatoms. The van der Waals surface area contributed by atoms with Gasteiger partial charge >= 0.3 is 0 Å². The smallest absolute Gasteiger partial charge is 0.235 e. The van der Waals surface area contributed by atoms with Gasteiger partial charge in [-0.3, -0.25) is 4.79 Å². The first-order valence-electron chi connectivity index (χ1n) is 6.21. The predicted octanol–water partition coefficient (Wildman–Crippen LogP) is 1.37. The summed E-state index contributed by atoms with van der Waals surface area (Å²) in [4.78, 5) is 12.2. The van der Waals surface area contributed by atoms with Gasteiger partial charge in [0.1, 0.15) is 5.92 Å². The van der Waals surface area contributed by atoms with Crippen LogP contribution in [0.5, 0.6) is 11.5 Å². The molecule has 1 heterocycles. The molecule has 1 amide bonds. The molecule has 1 atom stereocenters. The number of hydrogen-bond donors (Lipinski definition) is 3. The molecule has 0 bridgehead atoms. The van der Waals surface area contributed by atoms with Crippen LogP contribution in [0.1, 0.15) is 13.8 Å². The lowest BCUT2D eigenvalue weighted by Gasteiger charge is -2.18. The molecule has 0 radical (unpaired) electrons. The topological polar surface area (TPSA) is 106 Å². The summed E-state index contributed by atoms with van der Waals surface area (Å²) >= 11 is 0. The van der Waals surface area contributed by atoms with Crippen LogP contribution in [0.25, 0.3) is 0 Å². The number of benzene rings is 1. The predicted molar refractivity (Wildman–Crippen MR) is 72.9 cm³/mol. The van der Waals surface area contributed by atoms with Gasteiger partial charge in [0.05, 0.1) is 0 Å². The molecule has 1 aromatic carbocycles. The number of amides is 1. The van der Waals surface area contributed by atoms with E-state index in [1.54, 1.807) is 18.2 Å². The molecule has 1 aromatic rings. The van der Waals surface area contributed by atoms with Crippen LogP contribution >= 0.6 is 0 Å². The van der Waals surface area contributed by atoms with E-state index in [0.29, 0.717) is 17.2 Å². The summed E-state index contributed by atoms with van der Waals surface area (Å²) in [7, 11) is 0. The van der Waals surface area contributed by atoms with Gasteiger partial charge < -0.3 is 25.7 Å². The minimum atomic E-state index is -0.703. The SMILES string of the molecule is CC(C)C(C(=O)Nc1ccc2c(c1)OCO2)C(N)=NO. The van der Waals surface area contributed by atoms with Crippen molar-refractivity contribution < 1.29 is 19.5 Å². The fourth-order valence-corrected chi connectivity index (χ4v) is 2.04. The molecule has 1 unspecified atom stereocenters. The molecule has 0 fully saturated rings. The van der Waals surface area contributed by atoms with Gasteiger partial charge in [-0.2, -0.15) is 0 Å². The third-order valence-electron chi connectivity index (χ3n) is 3.02. The molecule has 2 rings (SSSR count). The Morgan fingerprint density at radius 3 is 2.75 bits per heavy atom. The van der Waals surface area contributed by atoms with Crippen molar-refractivity contribution in [3.05, 3.63) is 18.2 Å². The number of carbonyl (C=O) groups is 1. The van der Waals surface area contributed by atoms with Gasteiger partial charge in [0, 0.05) is 11.8 Å². The molecule has 108 valence electrons. The molecular weight excluding hydrogens is 262 g/mol. The zero-order valence-electron chi connectivity index (χ0n) is 11.3. The second kappa shape index (κ2) is 5.68. The normalized spacial score (nSPS) is 15.2. The summed E-state index contributed by atoms with van der Waals surface area (Å²) in [6.45, 7) is 3.81. The van der Waals surface area contributed by atoms with Crippen LogP contribution in [0.15, 0.2) is 23.4 Å². The summed E-state index contributed by atoms with van der Waals surface area (Å²) in [5.41, 5.74) is 6.12. The molecule has 1 aliphatic heterocycles. The molecule has 0 saturated heterocycles. The van der Waals surface area contributed by atoms with Crippen LogP contribution in [0.2, 0.25) is 0 Å². The van der Waals surface area contributed by atoms with Gasteiger partial charge in [-0.15, -0.1) is 0 Å². The Hall–Kier alpha value is -2.44. The minimum absolute atomic E-state index is 0.0973. The lowest BCUT2D eigenvalue weighted by Crippen LogP contribution is -2.38. The van der Waals surface area contributed by atoms with E-state index in [1.807, 2.05) is 13.8 Å². The number of nitrogens with one attached hydrogen (secondary N) is 1. The van der Waals surface area contributed by atoms with Gasteiger partial charge in [0.15, 0.2) is 17.3 Å². The monoisotopic (exact) mass is 279 g/mol. The highest BCUT2D eigenvalue weighted by molar-refractivity contribution is 6.08. The summed E-state index contributed by atoms with van der Waals surface area (Å²) in [6, 6.07) is 5.09. The van der Waals surface area contributed by atoms with Crippen LogP contribution in [-0.4, -0.2) is 23.7 Å². The zero-order chi connectivity index (χ0) is 14.7. The van der Waals surface area contributed by atoms with Crippen molar-refractivity contribution in [2.24, 2.45) is 22.7 Å². The molecular formula is C13H17N3O4. The Bertz CT molecular complexity index is 542. The first-order valence-corrected chi connectivity index (χ1v) is 6.21. The van der Waals surface area contributed by atoms with Crippen LogP contribution in [0.4, 0.5) is 5.69 Å². The maximum absolute atomic E-state index is 12.2. The Labute approximate surface area is 116 Å². The molecule has 7 nitrogen and oxygen atoms in total. The van der Waals surface area contributed by atoms with E-state index < -0.39 is 5.92 Å². The standard InChI is InChI=1S/C13H17N3O4/c1-7(2)11(12(14)16-18)13(17)15-8-3-4-9-10(5-8)20-6-19-9/h3-5,7,11,18H,6H2,1-2H3,(H2,14,16)(H,15,17). The first kappa shape index (κ1) is 14.0. The van der Waals surface area contributed by atoms with Crippen molar-refractivity contribution in [1.29, 1.82) is 0 Å². The van der Waals surface area contributed by atoms with Crippen molar-refractivity contribution in [3.8, 4) is 11.5 Å². The van der Waals surface area contributed by atoms with Crippen LogP contribution in [0, 0.1) is 11.8 Å². The highest BCUT2D eigenvalue weighted by Gasteiger charge is 2.27. The Morgan fingerprint density at radius 1 is 1.40 bits per heavy atom. The molecule has 0 aromatic heterocycles. The third-order valence-corrected chi connectivity index (χ3v) is 3.02. The maximum atomic E-state index is 12.2. The van der Waals surface area contributed by atoms with Crippen molar-refractivity contribution >= 4 is 17.4 Å². The number of rotatable bonds is 4. The molecule has 4 N–H and O–H groups in total. The average Bonchev–Trinajstić information content (AvgIpc) is 2.85. The third kappa shape index (κ3) is 2.76. The Balaban J connectivity index is 2.14. The Kier molecular flexibility index (Phi) is 3.97. The molecule has 0 aliphatic carbocycles. The fraction of sp³-hybridized carbons (Fsp3) is 0.385. The number of ether oxygens (including phenoxy) is 2. The number of carbonyl (C=O) groups excluding carboxylic acids is 1. The maximum Gasteiger partial charge on any atom is 0.235 e. The summed E-state index contributed by atoms with van der Waals surface area (Å²) < 4.78 is 10.4. The van der Waals surface area contributed by atoms with Crippen LogP contribution < -0.4 is 20.5 Å². The number of amidine groups is 1. The molecule has 0 saturated carbocycles. The number of anilines is 1. The van der Waals surface area contributed by atoms with E-state index in [2.05, 4.69) is 10.5 Å². The fourth-order valence-electron chi connectivity index (χ4n) is 2.04. The second-order valence-electron chi connectivity index (χ2n) is 4.80. The number of nitrogens with two attached hydrogens (primary N) is 1. The minimum Gasteiger partial charge on any atom is -0.454 e. The van der Waals surface area contributed by atoms with E-state index in [9.17, 15) is 4.79 Å². The zero-order valence-corrected chi connectivity index (χ0v) is 11.3. The largest absolute Gasteiger partial charge is 0.454 e. The van der Waals surface area contributed by atoms with Gasteiger partial charge in [-0.1, -0.05) is 19.0 Å². The van der Waals surface area contributed by atoms with E-state index >= 15 is 0 Å². The molecule has 20 heavy (non-hydrogen) atoms. The highest BCUT2D eigenvalue weighted by atomic mass is 16.7. The van der Waals surface area contributed by atoms with Crippen molar-refractivity contribution in [1.82, 2.24) is 0 Å². The van der Waals surface area contributed by atoms with Crippen LogP contribution in [0.3, 0.4) is 0 Å². The molecule has 0 spiro atoms. The lowest BCUT2D eigenvalue weighted by atomic mass is 9.94. The summed E-state index contributed by atoms with van der Waals surface area (Å²) in [5.74, 6) is -0.0368. The van der Waals surface area contributed by atoms with Crippen LogP contribution in [-0.2, 0) is 4.79 Å². The average molecular weight is 279 g/mol. The lowest BCUT2D eigenvalue weighted by molar-refractivity contribution is -0.119. The highest BCUT2D eigenvalue weighted by Crippen LogP contribution is 2.34. The Morgan fingerprint density at radius 2 is 2.10 bits per heavy atom. The quantitative estimate of drug-likeness (QED) is 0.334. The summed E-state index contributed by atoms with van der Waals surface area (Å²) in [6.07, 6.45) is 0.